The van der Waals surface area contributed by atoms with Crippen LogP contribution < -0.4 is 9.47 Å². The summed E-state index contributed by atoms with van der Waals surface area (Å²) in [6.07, 6.45) is 2.42. The SMILES string of the molecule is C=CCOc1cccc([C@@H]2C(=C(O)c3ccc4c(c3)C[C@H](C)O4)C(=O)C(=O)N2CCN2CCOCC2)c1. The number of Topliss-reactive ketones (excluding diaryl/α,β-unsaturated/α-hetero) is 1. The molecule has 8 nitrogen and oxygen atoms in total. The Hall–Kier alpha value is -3.62. The summed E-state index contributed by atoms with van der Waals surface area (Å²) in [4.78, 5) is 30.5. The first-order valence-corrected chi connectivity index (χ1v) is 12.7. The van der Waals surface area contributed by atoms with Crippen LogP contribution in [0.2, 0.25) is 0 Å². The van der Waals surface area contributed by atoms with Crippen molar-refractivity contribution >= 4 is 17.4 Å². The van der Waals surface area contributed by atoms with Crippen LogP contribution in [0.4, 0.5) is 0 Å². The number of benzene rings is 2. The Kier molecular flexibility index (Phi) is 7.30. The van der Waals surface area contributed by atoms with Crippen LogP contribution in [0, 0.1) is 0 Å². The van der Waals surface area contributed by atoms with Crippen LogP contribution in [0.1, 0.15) is 29.7 Å². The molecule has 2 fully saturated rings. The highest BCUT2D eigenvalue weighted by Crippen LogP contribution is 2.41. The van der Waals surface area contributed by atoms with Gasteiger partial charge in [-0.15, -0.1) is 0 Å². The molecule has 1 amide bonds. The van der Waals surface area contributed by atoms with Crippen molar-refractivity contribution in [2.45, 2.75) is 25.5 Å². The van der Waals surface area contributed by atoms with Crippen LogP contribution >= 0.6 is 0 Å². The van der Waals surface area contributed by atoms with Crippen LogP contribution in [0.5, 0.6) is 11.5 Å². The molecule has 1 N–H and O–H groups in total. The van der Waals surface area contributed by atoms with E-state index in [0.717, 1.165) is 30.8 Å². The summed E-state index contributed by atoms with van der Waals surface area (Å²) >= 11 is 0. The Morgan fingerprint density at radius 1 is 1.16 bits per heavy atom. The van der Waals surface area contributed by atoms with E-state index >= 15 is 0 Å². The normalized spacial score (nSPS) is 23.1. The van der Waals surface area contributed by atoms with Crippen molar-refractivity contribution in [3.63, 3.8) is 0 Å². The molecule has 0 spiro atoms. The van der Waals surface area contributed by atoms with Gasteiger partial charge >= 0.3 is 0 Å². The minimum absolute atomic E-state index is 0.0523. The molecule has 8 heteroatoms. The van der Waals surface area contributed by atoms with E-state index in [0.29, 0.717) is 49.8 Å². The molecule has 3 aliphatic heterocycles. The lowest BCUT2D eigenvalue weighted by Crippen LogP contribution is -2.42. The zero-order chi connectivity index (χ0) is 25.9. The van der Waals surface area contributed by atoms with Crippen molar-refractivity contribution in [3.8, 4) is 11.5 Å². The quantitative estimate of drug-likeness (QED) is 0.255. The lowest BCUT2D eigenvalue weighted by molar-refractivity contribution is -0.140. The number of ketones is 1. The van der Waals surface area contributed by atoms with Gasteiger partial charge in [0.1, 0.15) is 30.0 Å². The summed E-state index contributed by atoms with van der Waals surface area (Å²) in [5.74, 6) is -0.113. The molecular weight excluding hydrogens is 472 g/mol. The number of hydrogen-bond acceptors (Lipinski definition) is 7. The Balaban J connectivity index is 1.54. The van der Waals surface area contributed by atoms with E-state index in [1.165, 1.54) is 0 Å². The second-order valence-corrected chi connectivity index (χ2v) is 9.57. The zero-order valence-corrected chi connectivity index (χ0v) is 21.0. The van der Waals surface area contributed by atoms with Crippen molar-refractivity contribution in [2.75, 3.05) is 46.0 Å². The van der Waals surface area contributed by atoms with Crippen molar-refractivity contribution < 1.29 is 28.9 Å². The molecule has 2 aromatic rings. The molecule has 2 saturated heterocycles. The number of aliphatic hydroxyl groups is 1. The van der Waals surface area contributed by atoms with E-state index in [1.54, 1.807) is 23.1 Å². The van der Waals surface area contributed by atoms with Gasteiger partial charge < -0.3 is 24.2 Å². The Labute approximate surface area is 216 Å². The van der Waals surface area contributed by atoms with E-state index in [2.05, 4.69) is 11.5 Å². The van der Waals surface area contributed by atoms with Gasteiger partial charge in [0.25, 0.3) is 11.7 Å². The molecule has 5 rings (SSSR count). The highest BCUT2D eigenvalue weighted by Gasteiger charge is 2.46. The maximum atomic E-state index is 13.4. The van der Waals surface area contributed by atoms with Gasteiger partial charge in [0.05, 0.1) is 24.8 Å². The number of aliphatic hydroxyl groups excluding tert-OH is 1. The summed E-state index contributed by atoms with van der Waals surface area (Å²) < 4.78 is 16.9. The van der Waals surface area contributed by atoms with Crippen LogP contribution in [-0.4, -0.2) is 78.7 Å². The Bertz CT molecular complexity index is 1230. The first kappa shape index (κ1) is 25.0. The number of rotatable bonds is 8. The third-order valence-electron chi connectivity index (χ3n) is 7.01. The minimum Gasteiger partial charge on any atom is -0.507 e. The molecule has 0 aromatic heterocycles. The number of nitrogens with zero attached hydrogens (tertiary/aromatic N) is 2. The van der Waals surface area contributed by atoms with E-state index in [1.807, 2.05) is 37.3 Å². The monoisotopic (exact) mass is 504 g/mol. The van der Waals surface area contributed by atoms with Crippen LogP contribution in [0.25, 0.3) is 5.76 Å². The average molecular weight is 505 g/mol. The van der Waals surface area contributed by atoms with Gasteiger partial charge in [-0.2, -0.15) is 0 Å². The van der Waals surface area contributed by atoms with E-state index in [9.17, 15) is 14.7 Å². The average Bonchev–Trinajstić information content (AvgIpc) is 3.41. The van der Waals surface area contributed by atoms with Gasteiger partial charge in [0, 0.05) is 38.2 Å². The molecule has 0 radical (unpaired) electrons. The maximum Gasteiger partial charge on any atom is 0.295 e. The molecule has 0 unspecified atom stereocenters. The molecule has 0 saturated carbocycles. The molecule has 3 aliphatic rings. The third kappa shape index (κ3) is 5.12. The highest BCUT2D eigenvalue weighted by atomic mass is 16.5. The molecular formula is C29H32N2O6. The van der Waals surface area contributed by atoms with Gasteiger partial charge in [-0.3, -0.25) is 14.5 Å². The predicted octanol–water partition coefficient (Wildman–Crippen LogP) is 3.33. The minimum atomic E-state index is -0.739. The van der Waals surface area contributed by atoms with Crippen LogP contribution in [0.15, 0.2) is 60.7 Å². The van der Waals surface area contributed by atoms with Crippen molar-refractivity contribution in [3.05, 3.63) is 77.4 Å². The standard InChI is InChI=1S/C29H32N2O6/c1-3-13-36-23-6-4-5-20(18-23)26-25(27(32)21-7-8-24-22(17-21)16-19(2)37-24)28(33)29(34)31(26)10-9-30-11-14-35-15-12-30/h3-8,17-19,26,32H,1,9-16H2,2H3/t19-,26+/m0/s1. The number of fused-ring (bicyclic) bond motifs is 1. The summed E-state index contributed by atoms with van der Waals surface area (Å²) in [5.41, 5.74) is 2.24. The van der Waals surface area contributed by atoms with Gasteiger partial charge in [-0.25, -0.2) is 0 Å². The summed E-state index contributed by atoms with van der Waals surface area (Å²) in [6, 6.07) is 11.9. The lowest BCUT2D eigenvalue weighted by Gasteiger charge is -2.31. The second-order valence-electron chi connectivity index (χ2n) is 9.57. The topological polar surface area (TPSA) is 88.5 Å². The maximum absolute atomic E-state index is 13.4. The Morgan fingerprint density at radius 2 is 1.97 bits per heavy atom. The number of hydrogen-bond donors (Lipinski definition) is 1. The lowest BCUT2D eigenvalue weighted by atomic mass is 9.94. The number of carbonyl (C=O) groups excluding carboxylic acids is 2. The van der Waals surface area contributed by atoms with Crippen LogP contribution in [0.3, 0.4) is 0 Å². The number of amides is 1. The van der Waals surface area contributed by atoms with Crippen molar-refractivity contribution in [1.29, 1.82) is 0 Å². The molecule has 194 valence electrons. The number of carbonyl (C=O) groups is 2. The highest BCUT2D eigenvalue weighted by molar-refractivity contribution is 6.46. The number of likely N-dealkylation sites (tertiary alicyclic amines) is 1. The van der Waals surface area contributed by atoms with Gasteiger partial charge in [-0.05, 0) is 48.4 Å². The fraction of sp³-hybridized carbons (Fsp3) is 0.379. The summed E-state index contributed by atoms with van der Waals surface area (Å²) in [6.45, 7) is 9.79. The smallest absolute Gasteiger partial charge is 0.295 e. The Morgan fingerprint density at radius 3 is 2.76 bits per heavy atom. The van der Waals surface area contributed by atoms with Crippen molar-refractivity contribution in [1.82, 2.24) is 9.80 Å². The largest absolute Gasteiger partial charge is 0.507 e. The third-order valence-corrected chi connectivity index (χ3v) is 7.01. The summed E-state index contributed by atoms with van der Waals surface area (Å²) in [5, 5.41) is 11.5. The predicted molar refractivity (Wildman–Crippen MR) is 139 cm³/mol. The van der Waals surface area contributed by atoms with E-state index in [4.69, 9.17) is 14.2 Å². The first-order valence-electron chi connectivity index (χ1n) is 12.7. The fourth-order valence-electron chi connectivity index (χ4n) is 5.19. The second kappa shape index (κ2) is 10.8. The van der Waals surface area contributed by atoms with E-state index < -0.39 is 17.7 Å². The molecule has 0 bridgehead atoms. The van der Waals surface area contributed by atoms with Gasteiger partial charge in [-0.1, -0.05) is 24.8 Å². The number of ether oxygens (including phenoxy) is 3. The fourth-order valence-corrected chi connectivity index (χ4v) is 5.19. The molecule has 2 aromatic carbocycles. The van der Waals surface area contributed by atoms with Crippen LogP contribution in [-0.2, 0) is 20.7 Å². The van der Waals surface area contributed by atoms with Crippen molar-refractivity contribution in [2.24, 2.45) is 0 Å². The zero-order valence-electron chi connectivity index (χ0n) is 21.0. The van der Waals surface area contributed by atoms with Gasteiger partial charge in [0.15, 0.2) is 0 Å². The number of morpholine rings is 1. The molecule has 37 heavy (non-hydrogen) atoms. The van der Waals surface area contributed by atoms with Gasteiger partial charge in [0.2, 0.25) is 0 Å². The molecule has 2 atom stereocenters. The molecule has 3 heterocycles. The first-order chi connectivity index (χ1) is 18.0. The van der Waals surface area contributed by atoms with E-state index in [-0.39, 0.29) is 17.4 Å². The molecule has 0 aliphatic carbocycles. The summed E-state index contributed by atoms with van der Waals surface area (Å²) in [7, 11) is 0.